The number of aryl methyl sites for hydroxylation is 3. The molecule has 0 aliphatic heterocycles. The number of hydrogen-bond donors (Lipinski definition) is 1. The fraction of sp³-hybridized carbons (Fsp3) is 0.533. The highest BCUT2D eigenvalue weighted by Crippen LogP contribution is 2.22. The van der Waals surface area contributed by atoms with E-state index in [-0.39, 0.29) is 5.92 Å². The average molecular weight is 234 g/mol. The number of carbonyl (C=O) groups is 1. The van der Waals surface area contributed by atoms with Gasteiger partial charge in [0.05, 0.1) is 5.92 Å². The van der Waals surface area contributed by atoms with Gasteiger partial charge >= 0.3 is 5.97 Å². The maximum absolute atomic E-state index is 11.2. The van der Waals surface area contributed by atoms with Crippen LogP contribution in [0.15, 0.2) is 12.1 Å². The first-order valence-corrected chi connectivity index (χ1v) is 6.25. The second-order valence-electron chi connectivity index (χ2n) is 4.91. The van der Waals surface area contributed by atoms with Gasteiger partial charge in [0.2, 0.25) is 0 Å². The monoisotopic (exact) mass is 234 g/mol. The van der Waals surface area contributed by atoms with Gasteiger partial charge in [-0.3, -0.25) is 4.79 Å². The van der Waals surface area contributed by atoms with E-state index in [1.807, 2.05) is 6.92 Å². The molecule has 1 unspecified atom stereocenters. The van der Waals surface area contributed by atoms with Gasteiger partial charge in [0.15, 0.2) is 0 Å². The van der Waals surface area contributed by atoms with E-state index < -0.39 is 5.97 Å². The lowest BCUT2D eigenvalue weighted by Gasteiger charge is -2.16. The zero-order valence-corrected chi connectivity index (χ0v) is 11.2. The largest absolute Gasteiger partial charge is 0.481 e. The Morgan fingerprint density at radius 2 is 1.76 bits per heavy atom. The van der Waals surface area contributed by atoms with E-state index in [1.165, 1.54) is 22.3 Å². The Kier molecular flexibility index (Phi) is 4.73. The van der Waals surface area contributed by atoms with Gasteiger partial charge in [-0.05, 0) is 50.3 Å². The summed E-state index contributed by atoms with van der Waals surface area (Å²) in [5, 5.41) is 9.20. The van der Waals surface area contributed by atoms with Crippen LogP contribution in [0.1, 0.15) is 42.0 Å². The standard InChI is InChI=1S/C15H22O2/c1-5-6-13(15(16)17)9-14-11(3)7-10(2)8-12(14)4/h7-8,13H,5-6,9H2,1-4H3,(H,16,17). The van der Waals surface area contributed by atoms with E-state index in [0.717, 1.165) is 12.8 Å². The molecule has 94 valence electrons. The van der Waals surface area contributed by atoms with Crippen LogP contribution in [0.2, 0.25) is 0 Å². The van der Waals surface area contributed by atoms with Crippen molar-refractivity contribution in [1.82, 2.24) is 0 Å². The SMILES string of the molecule is CCCC(Cc1c(C)cc(C)cc1C)C(=O)O. The molecule has 0 saturated heterocycles. The minimum atomic E-state index is -0.675. The summed E-state index contributed by atoms with van der Waals surface area (Å²) in [6.07, 6.45) is 2.32. The van der Waals surface area contributed by atoms with Crippen LogP contribution < -0.4 is 0 Å². The predicted molar refractivity (Wildman–Crippen MR) is 70.4 cm³/mol. The Bertz CT molecular complexity index is 384. The lowest BCUT2D eigenvalue weighted by atomic mass is 9.89. The summed E-state index contributed by atoms with van der Waals surface area (Å²) in [4.78, 5) is 11.2. The third-order valence-electron chi connectivity index (χ3n) is 3.28. The molecule has 1 aromatic carbocycles. The quantitative estimate of drug-likeness (QED) is 0.844. The molecule has 0 amide bonds. The average Bonchev–Trinajstić information content (AvgIpc) is 2.21. The topological polar surface area (TPSA) is 37.3 Å². The van der Waals surface area contributed by atoms with Crippen molar-refractivity contribution in [2.45, 2.75) is 47.0 Å². The molecule has 0 bridgehead atoms. The molecule has 0 fully saturated rings. The minimum Gasteiger partial charge on any atom is -0.481 e. The van der Waals surface area contributed by atoms with Gasteiger partial charge in [0, 0.05) is 0 Å². The summed E-state index contributed by atoms with van der Waals surface area (Å²) in [6.45, 7) is 8.25. The first kappa shape index (κ1) is 13.8. The molecular formula is C15H22O2. The van der Waals surface area contributed by atoms with Crippen LogP contribution in [0.5, 0.6) is 0 Å². The third-order valence-corrected chi connectivity index (χ3v) is 3.28. The van der Waals surface area contributed by atoms with Crippen molar-refractivity contribution < 1.29 is 9.90 Å². The van der Waals surface area contributed by atoms with Crippen LogP contribution >= 0.6 is 0 Å². The van der Waals surface area contributed by atoms with Gasteiger partial charge in [-0.2, -0.15) is 0 Å². The second-order valence-corrected chi connectivity index (χ2v) is 4.91. The second kappa shape index (κ2) is 5.85. The molecular weight excluding hydrogens is 212 g/mol. The number of rotatable bonds is 5. The van der Waals surface area contributed by atoms with Crippen molar-refractivity contribution in [3.63, 3.8) is 0 Å². The molecule has 0 aromatic heterocycles. The van der Waals surface area contributed by atoms with E-state index in [4.69, 9.17) is 0 Å². The van der Waals surface area contributed by atoms with Crippen LogP contribution in [0, 0.1) is 26.7 Å². The van der Waals surface area contributed by atoms with Crippen molar-refractivity contribution in [2.24, 2.45) is 5.92 Å². The smallest absolute Gasteiger partial charge is 0.306 e. The Morgan fingerprint density at radius 3 is 2.18 bits per heavy atom. The lowest BCUT2D eigenvalue weighted by Crippen LogP contribution is -2.17. The van der Waals surface area contributed by atoms with Gasteiger partial charge in [-0.1, -0.05) is 31.0 Å². The van der Waals surface area contributed by atoms with E-state index >= 15 is 0 Å². The fourth-order valence-corrected chi connectivity index (χ4v) is 2.44. The lowest BCUT2D eigenvalue weighted by molar-refractivity contribution is -0.141. The van der Waals surface area contributed by atoms with Crippen LogP contribution in [0.25, 0.3) is 0 Å². The van der Waals surface area contributed by atoms with E-state index in [0.29, 0.717) is 6.42 Å². The van der Waals surface area contributed by atoms with Crippen molar-refractivity contribution in [2.75, 3.05) is 0 Å². The Labute approximate surface area is 104 Å². The van der Waals surface area contributed by atoms with Crippen LogP contribution in [-0.4, -0.2) is 11.1 Å². The van der Waals surface area contributed by atoms with Gasteiger partial charge in [-0.25, -0.2) is 0 Å². The molecule has 2 nitrogen and oxygen atoms in total. The summed E-state index contributed by atoms with van der Waals surface area (Å²) in [5.74, 6) is -0.925. The van der Waals surface area contributed by atoms with Crippen LogP contribution in [-0.2, 0) is 11.2 Å². The van der Waals surface area contributed by atoms with Gasteiger partial charge < -0.3 is 5.11 Å². The first-order chi connectivity index (χ1) is 7.95. The predicted octanol–water partition coefficient (Wildman–Crippen LogP) is 3.66. The molecule has 1 N–H and O–H groups in total. The summed E-state index contributed by atoms with van der Waals surface area (Å²) in [7, 11) is 0. The molecule has 0 aliphatic rings. The van der Waals surface area contributed by atoms with Crippen molar-refractivity contribution >= 4 is 5.97 Å². The molecule has 17 heavy (non-hydrogen) atoms. The summed E-state index contributed by atoms with van der Waals surface area (Å²) in [6, 6.07) is 4.26. The van der Waals surface area contributed by atoms with Crippen molar-refractivity contribution in [3.8, 4) is 0 Å². The third kappa shape index (κ3) is 3.58. The minimum absolute atomic E-state index is 0.250. The van der Waals surface area contributed by atoms with E-state index in [9.17, 15) is 9.90 Å². The van der Waals surface area contributed by atoms with E-state index in [1.54, 1.807) is 0 Å². The first-order valence-electron chi connectivity index (χ1n) is 6.25. The number of carboxylic acids is 1. The maximum atomic E-state index is 11.2. The highest BCUT2D eigenvalue weighted by atomic mass is 16.4. The van der Waals surface area contributed by atoms with Crippen molar-refractivity contribution in [3.05, 3.63) is 34.4 Å². The highest BCUT2D eigenvalue weighted by Gasteiger charge is 2.18. The number of benzene rings is 1. The molecule has 0 aliphatic carbocycles. The summed E-state index contributed by atoms with van der Waals surface area (Å²) in [5.41, 5.74) is 4.87. The maximum Gasteiger partial charge on any atom is 0.306 e. The molecule has 1 atom stereocenters. The van der Waals surface area contributed by atoms with Crippen LogP contribution in [0.3, 0.4) is 0 Å². The Hall–Kier alpha value is -1.31. The van der Waals surface area contributed by atoms with Gasteiger partial charge in [0.1, 0.15) is 0 Å². The summed E-state index contributed by atoms with van der Waals surface area (Å²) >= 11 is 0. The molecule has 1 aromatic rings. The number of carboxylic acid groups (broad SMARTS) is 1. The van der Waals surface area contributed by atoms with Gasteiger partial charge in [-0.15, -0.1) is 0 Å². The molecule has 0 saturated carbocycles. The Balaban J connectivity index is 2.97. The molecule has 0 radical (unpaired) electrons. The zero-order chi connectivity index (χ0) is 13.0. The molecule has 2 heteroatoms. The molecule has 0 heterocycles. The number of aliphatic carboxylic acids is 1. The molecule has 1 rings (SSSR count). The van der Waals surface area contributed by atoms with Crippen molar-refractivity contribution in [1.29, 1.82) is 0 Å². The molecule has 0 spiro atoms. The number of hydrogen-bond acceptors (Lipinski definition) is 1. The highest BCUT2D eigenvalue weighted by molar-refractivity contribution is 5.70. The van der Waals surface area contributed by atoms with Gasteiger partial charge in [0.25, 0.3) is 0 Å². The zero-order valence-electron chi connectivity index (χ0n) is 11.2. The van der Waals surface area contributed by atoms with E-state index in [2.05, 4.69) is 32.9 Å². The normalized spacial score (nSPS) is 12.5. The Morgan fingerprint density at radius 1 is 1.24 bits per heavy atom. The summed E-state index contributed by atoms with van der Waals surface area (Å²) < 4.78 is 0. The fourth-order valence-electron chi connectivity index (χ4n) is 2.44. The van der Waals surface area contributed by atoms with Crippen LogP contribution in [0.4, 0.5) is 0 Å².